The molecule has 1 aromatic carbocycles. The summed E-state index contributed by atoms with van der Waals surface area (Å²) in [4.78, 5) is 18.1. The van der Waals surface area contributed by atoms with E-state index in [-0.39, 0.29) is 23.1 Å². The van der Waals surface area contributed by atoms with Crippen LogP contribution in [0.1, 0.15) is 51.0 Å². The van der Waals surface area contributed by atoms with Gasteiger partial charge in [-0.3, -0.25) is 19.3 Å². The predicted molar refractivity (Wildman–Crippen MR) is 116 cm³/mol. The van der Waals surface area contributed by atoms with Gasteiger partial charge in [-0.25, -0.2) is 4.99 Å². The van der Waals surface area contributed by atoms with Crippen molar-refractivity contribution in [3.05, 3.63) is 57.0 Å². The van der Waals surface area contributed by atoms with Crippen molar-refractivity contribution in [2.24, 2.45) is 18.0 Å². The van der Waals surface area contributed by atoms with E-state index in [1.54, 1.807) is 11.6 Å². The lowest BCUT2D eigenvalue weighted by atomic mass is 10.1. The first-order chi connectivity index (χ1) is 14.6. The molecule has 0 radical (unpaired) electrons. The van der Waals surface area contributed by atoms with Gasteiger partial charge in [0.1, 0.15) is 16.5 Å². The lowest BCUT2D eigenvalue weighted by molar-refractivity contribution is 0.465. The van der Waals surface area contributed by atoms with Crippen LogP contribution in [-0.4, -0.2) is 21.7 Å². The van der Waals surface area contributed by atoms with E-state index in [9.17, 15) is 4.79 Å². The summed E-state index contributed by atoms with van der Waals surface area (Å²) in [6, 6.07) is 10.3. The van der Waals surface area contributed by atoms with Gasteiger partial charge in [0.05, 0.1) is 12.1 Å². The van der Waals surface area contributed by atoms with Crippen molar-refractivity contribution in [1.82, 2.24) is 14.5 Å². The predicted octanol–water partition coefficient (Wildman–Crippen LogP) is 1.35. The van der Waals surface area contributed by atoms with Crippen LogP contribution >= 0.6 is 0 Å². The van der Waals surface area contributed by atoms with Crippen LogP contribution in [0.15, 0.2) is 40.1 Å². The average molecular weight is 407 g/mol. The maximum absolute atomic E-state index is 13.4. The molecule has 30 heavy (non-hydrogen) atoms. The molecule has 2 aliphatic carbocycles. The quantitative estimate of drug-likeness (QED) is 0.701. The van der Waals surface area contributed by atoms with E-state index in [0.717, 1.165) is 31.5 Å². The molecule has 3 N–H and O–H groups in total. The van der Waals surface area contributed by atoms with Crippen molar-refractivity contribution in [3.8, 4) is 0 Å². The summed E-state index contributed by atoms with van der Waals surface area (Å²) in [6.07, 6.45) is 8.18. The first-order valence-electron chi connectivity index (χ1n) is 11.2. The Balaban J connectivity index is 1.66. The van der Waals surface area contributed by atoms with Crippen LogP contribution in [0.2, 0.25) is 0 Å². The molecule has 2 heterocycles. The van der Waals surface area contributed by atoms with Crippen LogP contribution in [0.3, 0.4) is 0 Å². The largest absolute Gasteiger partial charge is 0.371 e. The zero-order valence-electron chi connectivity index (χ0n) is 17.5. The highest BCUT2D eigenvalue weighted by atomic mass is 16.1. The maximum Gasteiger partial charge on any atom is 0.267 e. The first kappa shape index (κ1) is 19.2. The van der Waals surface area contributed by atoms with Gasteiger partial charge in [-0.2, -0.15) is 0 Å². The molecule has 1 aliphatic heterocycles. The number of anilines is 1. The summed E-state index contributed by atoms with van der Waals surface area (Å²) >= 11 is 0. The third kappa shape index (κ3) is 3.26. The highest BCUT2D eigenvalue weighted by Crippen LogP contribution is 2.32. The topological polar surface area (TPSA) is 87.2 Å². The molecule has 1 aromatic heterocycles. The molecule has 7 heteroatoms. The molecule has 1 unspecified atom stereocenters. The fourth-order valence-electron chi connectivity index (χ4n) is 5.27. The zero-order valence-corrected chi connectivity index (χ0v) is 17.5. The molecule has 158 valence electrons. The van der Waals surface area contributed by atoms with Crippen molar-refractivity contribution < 1.29 is 0 Å². The zero-order chi connectivity index (χ0) is 20.7. The molecule has 2 atom stereocenters. The second kappa shape index (κ2) is 7.78. The summed E-state index contributed by atoms with van der Waals surface area (Å²) in [7, 11) is 1.78. The third-order valence-corrected chi connectivity index (χ3v) is 6.90. The number of benzene rings is 1. The van der Waals surface area contributed by atoms with E-state index in [4.69, 9.17) is 10.4 Å². The minimum atomic E-state index is -0.174. The summed E-state index contributed by atoms with van der Waals surface area (Å²) in [5.74, 6) is 1.25. The molecule has 0 spiro atoms. The van der Waals surface area contributed by atoms with Crippen molar-refractivity contribution in [2.75, 3.05) is 11.9 Å². The van der Waals surface area contributed by atoms with E-state index < -0.39 is 0 Å². The smallest absolute Gasteiger partial charge is 0.267 e. The number of hydrogen-bond acceptors (Lipinski definition) is 5. The minimum absolute atomic E-state index is 0.174. The van der Waals surface area contributed by atoms with E-state index in [2.05, 4.69) is 10.6 Å². The second-order valence-corrected chi connectivity index (χ2v) is 8.85. The van der Waals surface area contributed by atoms with Crippen LogP contribution < -0.4 is 32.5 Å². The monoisotopic (exact) mass is 406 g/mol. The van der Waals surface area contributed by atoms with E-state index in [0.29, 0.717) is 22.6 Å². The van der Waals surface area contributed by atoms with Gasteiger partial charge in [-0.05, 0) is 50.2 Å². The number of para-hydroxylation sites is 1. The molecule has 0 saturated heterocycles. The Kier molecular flexibility index (Phi) is 4.97. The molecule has 5 rings (SSSR count). The van der Waals surface area contributed by atoms with Crippen LogP contribution in [-0.2, 0) is 7.05 Å². The second-order valence-electron chi connectivity index (χ2n) is 8.85. The van der Waals surface area contributed by atoms with Gasteiger partial charge < -0.3 is 10.6 Å². The Morgan fingerprint density at radius 2 is 1.90 bits per heavy atom. The van der Waals surface area contributed by atoms with Crippen molar-refractivity contribution in [1.29, 1.82) is 5.41 Å². The highest BCUT2D eigenvalue weighted by molar-refractivity contribution is 5.62. The third-order valence-electron chi connectivity index (χ3n) is 6.90. The van der Waals surface area contributed by atoms with Crippen LogP contribution in [0.4, 0.5) is 5.69 Å². The Bertz CT molecular complexity index is 1170. The summed E-state index contributed by atoms with van der Waals surface area (Å²) in [6.45, 7) is 0.815. The first-order valence-corrected chi connectivity index (χ1v) is 11.2. The van der Waals surface area contributed by atoms with Crippen molar-refractivity contribution in [3.63, 3.8) is 0 Å². The summed E-state index contributed by atoms with van der Waals surface area (Å²) in [5.41, 5.74) is 1.64. The van der Waals surface area contributed by atoms with E-state index >= 15 is 0 Å². The number of aromatic nitrogens is 2. The van der Waals surface area contributed by atoms with Gasteiger partial charge in [0, 0.05) is 19.3 Å². The molecule has 3 aliphatic rings. The fraction of sp³-hybridized carbons (Fsp3) is 0.522. The lowest BCUT2D eigenvalue weighted by Gasteiger charge is -2.18. The van der Waals surface area contributed by atoms with Gasteiger partial charge in [-0.15, -0.1) is 0 Å². The van der Waals surface area contributed by atoms with Crippen molar-refractivity contribution in [2.45, 2.75) is 57.0 Å². The molecular formula is C23H30N6O. The average Bonchev–Trinajstić information content (AvgIpc) is 3.48. The SMILES string of the molecule is Cn1c(=O)/c(=C(/NCC2CCCC2)Nc2ccccc2)c(=N)n2c1=NC1CCC[C@@H]12. The Morgan fingerprint density at radius 1 is 1.13 bits per heavy atom. The normalized spacial score (nSPS) is 23.6. The lowest BCUT2D eigenvalue weighted by Crippen LogP contribution is -2.59. The van der Waals surface area contributed by atoms with Gasteiger partial charge >= 0.3 is 0 Å². The molecule has 2 saturated carbocycles. The number of nitrogens with zero attached hydrogens (tertiary/aromatic N) is 3. The van der Waals surface area contributed by atoms with E-state index in [1.807, 2.05) is 34.9 Å². The molecule has 0 bridgehead atoms. The molecule has 0 amide bonds. The number of fused-ring (bicyclic) bond motifs is 3. The van der Waals surface area contributed by atoms with Gasteiger partial charge in [0.2, 0.25) is 5.62 Å². The standard InChI is InChI=1S/C23H30N6O/c1-28-22(30)19(20(24)29-18-13-7-12-17(18)27-23(28)29)21(25-14-15-8-5-6-9-15)26-16-10-3-2-4-11-16/h2-4,10-11,15,17-18,24-26H,5-9,12-14H2,1H3/b21-19-,24-20?/t17?,18-/m0/s1. The Labute approximate surface area is 175 Å². The van der Waals surface area contributed by atoms with Gasteiger partial charge in [-0.1, -0.05) is 31.0 Å². The molecule has 2 aromatic rings. The van der Waals surface area contributed by atoms with Crippen LogP contribution in [0, 0.1) is 11.3 Å². The van der Waals surface area contributed by atoms with Crippen molar-refractivity contribution >= 4 is 11.5 Å². The fourth-order valence-corrected chi connectivity index (χ4v) is 5.27. The molecule has 2 fully saturated rings. The minimum Gasteiger partial charge on any atom is -0.371 e. The maximum atomic E-state index is 13.4. The van der Waals surface area contributed by atoms with Gasteiger partial charge in [0.15, 0.2) is 0 Å². The number of hydrogen-bond donors (Lipinski definition) is 3. The Morgan fingerprint density at radius 3 is 2.67 bits per heavy atom. The summed E-state index contributed by atoms with van der Waals surface area (Å²) in [5, 5.41) is 16.3. The Hall–Kier alpha value is -2.83. The van der Waals surface area contributed by atoms with E-state index in [1.165, 1.54) is 25.7 Å². The number of nitrogens with one attached hydrogen (secondary N) is 3. The van der Waals surface area contributed by atoms with Crippen LogP contribution in [0.5, 0.6) is 0 Å². The molecular weight excluding hydrogens is 376 g/mol. The van der Waals surface area contributed by atoms with Gasteiger partial charge in [0.25, 0.3) is 5.56 Å². The number of rotatable bonds is 5. The summed E-state index contributed by atoms with van der Waals surface area (Å²) < 4.78 is 3.61. The molecule has 7 nitrogen and oxygen atoms in total. The van der Waals surface area contributed by atoms with Crippen LogP contribution in [0.25, 0.3) is 5.82 Å². The highest BCUT2D eigenvalue weighted by Gasteiger charge is 2.35.